The molecule has 0 spiro atoms. The lowest BCUT2D eigenvalue weighted by Crippen LogP contribution is -2.35. The number of carbonyl (C=O) groups excluding carboxylic acids is 1. The molecule has 0 fully saturated rings. The third kappa shape index (κ3) is 10.8. The van der Waals surface area contributed by atoms with E-state index in [-0.39, 0.29) is 35.6 Å². The number of allylic oxidation sites excluding steroid dienone is 2. The Morgan fingerprint density at radius 3 is 2.50 bits per heavy atom. The fourth-order valence-corrected chi connectivity index (χ4v) is 4.84. The van der Waals surface area contributed by atoms with Crippen LogP contribution in [0.15, 0.2) is 78.6 Å². The number of benzene rings is 2. The molecule has 0 aliphatic carbocycles. The average Bonchev–Trinajstić information content (AvgIpc) is 2.97. The largest absolute Gasteiger partial charge is 0.497 e. The Kier molecular flexibility index (Phi) is 13.3. The van der Waals surface area contributed by atoms with Crippen LogP contribution in [0.25, 0.3) is 0 Å². The number of ether oxygens (including phenoxy) is 5. The number of thioether (sulfide) groups is 1. The first-order valence-electron chi connectivity index (χ1n) is 14.0. The van der Waals surface area contributed by atoms with E-state index in [9.17, 15) is 4.79 Å². The lowest BCUT2D eigenvalue weighted by molar-refractivity contribution is -0.147. The fourth-order valence-electron chi connectivity index (χ4n) is 4.39. The first-order chi connectivity index (χ1) is 19.3. The summed E-state index contributed by atoms with van der Waals surface area (Å²) in [6.07, 6.45) is 7.80. The van der Waals surface area contributed by atoms with E-state index in [4.69, 9.17) is 23.7 Å². The highest BCUT2D eigenvalue weighted by molar-refractivity contribution is 8.14. The highest BCUT2D eigenvalue weighted by Gasteiger charge is 2.31. The van der Waals surface area contributed by atoms with E-state index in [1.165, 1.54) is 11.8 Å². The molecule has 0 saturated heterocycles. The molecule has 2 aromatic rings. The smallest absolute Gasteiger partial charge is 0.211 e. The maximum absolute atomic E-state index is 12.0. The summed E-state index contributed by atoms with van der Waals surface area (Å²) in [6, 6.07) is 17.9. The predicted molar refractivity (Wildman–Crippen MR) is 161 cm³/mol. The highest BCUT2D eigenvalue weighted by Crippen LogP contribution is 2.35. The molecule has 1 aliphatic rings. The molecule has 218 valence electrons. The van der Waals surface area contributed by atoms with E-state index in [2.05, 4.69) is 19.9 Å². The van der Waals surface area contributed by atoms with Crippen molar-refractivity contribution in [2.75, 3.05) is 19.7 Å². The standard InChI is InChI=1S/C33H44O6S/c1-6-40-32(34)19-20-33(3,4)31-14-10-13-29(39-31)21-30(37-23-27-15-17-28(35-5)18-16-27)25(2)38-24-36-22-26-11-8-7-9-12-26/h7-9,11-12,14-20,25,29-30H,6,10,13,21-24H2,1-5H3/b20-19+/t25-,29+,30-/m1/s1. The Labute approximate surface area is 244 Å². The number of methoxy groups -OCH3 is 1. The van der Waals surface area contributed by atoms with E-state index >= 15 is 0 Å². The van der Waals surface area contributed by atoms with Crippen molar-refractivity contribution >= 4 is 16.9 Å². The van der Waals surface area contributed by atoms with E-state index < -0.39 is 0 Å². The first kappa shape index (κ1) is 31.9. The minimum Gasteiger partial charge on any atom is -0.497 e. The van der Waals surface area contributed by atoms with E-state index in [0.29, 0.717) is 19.6 Å². The second kappa shape index (κ2) is 16.6. The van der Waals surface area contributed by atoms with Gasteiger partial charge in [-0.1, -0.05) is 67.2 Å². The van der Waals surface area contributed by atoms with Crippen molar-refractivity contribution in [1.82, 2.24) is 0 Å². The van der Waals surface area contributed by atoms with Gasteiger partial charge in [0.05, 0.1) is 32.5 Å². The van der Waals surface area contributed by atoms with Crippen molar-refractivity contribution in [2.24, 2.45) is 5.41 Å². The number of carbonyl (C=O) groups is 1. The topological polar surface area (TPSA) is 63.2 Å². The molecule has 7 heteroatoms. The molecule has 0 radical (unpaired) electrons. The van der Waals surface area contributed by atoms with Crippen molar-refractivity contribution in [3.8, 4) is 5.75 Å². The van der Waals surface area contributed by atoms with Gasteiger partial charge in [0.25, 0.3) is 0 Å². The van der Waals surface area contributed by atoms with Crippen molar-refractivity contribution < 1.29 is 28.5 Å². The van der Waals surface area contributed by atoms with E-state index in [0.717, 1.165) is 41.2 Å². The van der Waals surface area contributed by atoms with Gasteiger partial charge < -0.3 is 23.7 Å². The molecule has 2 aromatic carbocycles. The van der Waals surface area contributed by atoms with Gasteiger partial charge in [-0.05, 0) is 74.8 Å². The molecule has 0 saturated carbocycles. The molecular formula is C33H44O6S. The SMILES string of the molecule is CCSC(=O)/C=C/C(C)(C)C1=CCC[C@@H](C[C@@H](OCc2ccc(OC)cc2)[C@@H](C)OCOCc2ccccc2)O1. The summed E-state index contributed by atoms with van der Waals surface area (Å²) >= 11 is 1.31. The van der Waals surface area contributed by atoms with Gasteiger partial charge in [-0.15, -0.1) is 0 Å². The van der Waals surface area contributed by atoms with E-state index in [1.54, 1.807) is 13.2 Å². The van der Waals surface area contributed by atoms with Crippen molar-refractivity contribution in [3.05, 3.63) is 89.7 Å². The van der Waals surface area contributed by atoms with Gasteiger partial charge in [0.1, 0.15) is 24.4 Å². The molecule has 6 nitrogen and oxygen atoms in total. The van der Waals surface area contributed by atoms with Crippen LogP contribution in [0.3, 0.4) is 0 Å². The molecule has 40 heavy (non-hydrogen) atoms. The Morgan fingerprint density at radius 1 is 1.07 bits per heavy atom. The predicted octanol–water partition coefficient (Wildman–Crippen LogP) is 7.47. The van der Waals surface area contributed by atoms with Crippen LogP contribution in [-0.4, -0.2) is 43.1 Å². The Morgan fingerprint density at radius 2 is 1.80 bits per heavy atom. The van der Waals surface area contributed by atoms with Gasteiger partial charge in [0, 0.05) is 11.8 Å². The quantitative estimate of drug-likeness (QED) is 0.118. The Bertz CT molecular complexity index is 1080. The summed E-state index contributed by atoms with van der Waals surface area (Å²) < 4.78 is 30.1. The highest BCUT2D eigenvalue weighted by atomic mass is 32.2. The van der Waals surface area contributed by atoms with Crippen LogP contribution in [0, 0.1) is 5.41 Å². The normalized spacial score (nSPS) is 17.2. The number of hydrogen-bond donors (Lipinski definition) is 0. The molecule has 1 heterocycles. The van der Waals surface area contributed by atoms with Gasteiger partial charge >= 0.3 is 0 Å². The Hall–Kier alpha value is -2.58. The lowest BCUT2D eigenvalue weighted by Gasteiger charge is -2.35. The van der Waals surface area contributed by atoms with Gasteiger partial charge in [-0.25, -0.2) is 0 Å². The molecule has 0 N–H and O–H groups in total. The van der Waals surface area contributed by atoms with Crippen molar-refractivity contribution in [3.63, 3.8) is 0 Å². The van der Waals surface area contributed by atoms with Gasteiger partial charge in [-0.2, -0.15) is 0 Å². The summed E-state index contributed by atoms with van der Waals surface area (Å²) in [5.74, 6) is 2.47. The second-order valence-electron chi connectivity index (χ2n) is 10.4. The number of hydrogen-bond acceptors (Lipinski definition) is 7. The van der Waals surface area contributed by atoms with Crippen LogP contribution in [0.1, 0.15) is 58.1 Å². The summed E-state index contributed by atoms with van der Waals surface area (Å²) in [6.45, 7) is 9.28. The second-order valence-corrected chi connectivity index (χ2v) is 11.7. The fraction of sp³-hybridized carbons (Fsp3) is 0.485. The van der Waals surface area contributed by atoms with Gasteiger partial charge in [-0.3, -0.25) is 4.79 Å². The average molecular weight is 569 g/mol. The van der Waals surface area contributed by atoms with Crippen molar-refractivity contribution in [1.29, 1.82) is 0 Å². The zero-order chi connectivity index (χ0) is 28.8. The van der Waals surface area contributed by atoms with Gasteiger partial charge in [0.2, 0.25) is 5.12 Å². The summed E-state index contributed by atoms with van der Waals surface area (Å²) in [5, 5.41) is 0.0657. The monoisotopic (exact) mass is 568 g/mol. The molecule has 1 aliphatic heterocycles. The maximum Gasteiger partial charge on any atom is 0.211 e. The minimum atomic E-state index is -0.379. The minimum absolute atomic E-state index is 0.0226. The van der Waals surface area contributed by atoms with Crippen LogP contribution >= 0.6 is 11.8 Å². The molecule has 0 unspecified atom stereocenters. The number of rotatable bonds is 16. The molecule has 3 rings (SSSR count). The van der Waals surface area contributed by atoms with Crippen LogP contribution in [0.5, 0.6) is 5.75 Å². The van der Waals surface area contributed by atoms with Crippen LogP contribution < -0.4 is 4.74 Å². The maximum atomic E-state index is 12.0. The van der Waals surface area contributed by atoms with Gasteiger partial charge in [0.15, 0.2) is 0 Å². The zero-order valence-electron chi connectivity index (χ0n) is 24.5. The Balaban J connectivity index is 1.61. The summed E-state index contributed by atoms with van der Waals surface area (Å²) in [5.41, 5.74) is 1.78. The molecule has 0 aromatic heterocycles. The van der Waals surface area contributed by atoms with E-state index in [1.807, 2.05) is 74.5 Å². The van der Waals surface area contributed by atoms with Crippen LogP contribution in [0.2, 0.25) is 0 Å². The molecule has 3 atom stereocenters. The third-order valence-corrected chi connectivity index (χ3v) is 7.55. The lowest BCUT2D eigenvalue weighted by atomic mass is 9.87. The zero-order valence-corrected chi connectivity index (χ0v) is 25.3. The summed E-state index contributed by atoms with van der Waals surface area (Å²) in [7, 11) is 1.66. The summed E-state index contributed by atoms with van der Waals surface area (Å²) in [4.78, 5) is 12.0. The first-order valence-corrected chi connectivity index (χ1v) is 15.0. The third-order valence-electron chi connectivity index (χ3n) is 6.84. The van der Waals surface area contributed by atoms with Crippen LogP contribution in [0.4, 0.5) is 0 Å². The molecular weight excluding hydrogens is 524 g/mol. The molecule has 0 bridgehead atoms. The molecule has 0 amide bonds. The van der Waals surface area contributed by atoms with Crippen molar-refractivity contribution in [2.45, 2.75) is 78.5 Å². The van der Waals surface area contributed by atoms with Crippen LogP contribution in [-0.2, 0) is 37.0 Å².